The van der Waals surface area contributed by atoms with Gasteiger partial charge in [0.15, 0.2) is 11.6 Å². The van der Waals surface area contributed by atoms with Gasteiger partial charge in [-0.15, -0.1) is 10.2 Å². The second-order valence-electron chi connectivity index (χ2n) is 7.97. The van der Waals surface area contributed by atoms with Gasteiger partial charge in [-0.05, 0) is 32.0 Å². The van der Waals surface area contributed by atoms with Crippen molar-refractivity contribution in [1.82, 2.24) is 34.5 Å². The molecule has 12 nitrogen and oxygen atoms in total. The van der Waals surface area contributed by atoms with Crippen LogP contribution in [-0.2, 0) is 23.5 Å². The number of aromatic nitrogens is 7. The van der Waals surface area contributed by atoms with Gasteiger partial charge in [0, 0.05) is 19.2 Å². The third kappa shape index (κ3) is 4.84. The number of nitrogens with zero attached hydrogens (tertiary/aromatic N) is 7. The fraction of sp³-hybridized carbons (Fsp3) is 0.318. The summed E-state index contributed by atoms with van der Waals surface area (Å²) in [7, 11) is 0.742. The van der Waals surface area contributed by atoms with Crippen molar-refractivity contribution >= 4 is 16.0 Å². The van der Waals surface area contributed by atoms with Gasteiger partial charge in [-0.25, -0.2) is 22.8 Å². The fourth-order valence-corrected chi connectivity index (χ4v) is 4.45. The molecular formula is C22H25FN8O4S. The predicted molar refractivity (Wildman–Crippen MR) is 129 cm³/mol. The first kappa shape index (κ1) is 25.0. The molecule has 0 saturated carbocycles. The van der Waals surface area contributed by atoms with E-state index in [1.54, 1.807) is 36.0 Å². The Morgan fingerprint density at radius 2 is 1.75 bits per heavy atom. The Kier molecular flexibility index (Phi) is 6.88. The molecule has 190 valence electrons. The van der Waals surface area contributed by atoms with Crippen molar-refractivity contribution in [2.45, 2.75) is 25.5 Å². The molecule has 3 aromatic heterocycles. The molecular weight excluding hydrogens is 491 g/mol. The Morgan fingerprint density at radius 3 is 2.31 bits per heavy atom. The Morgan fingerprint density at radius 1 is 1.11 bits per heavy atom. The third-order valence-electron chi connectivity index (χ3n) is 5.54. The largest absolute Gasteiger partial charge is 0.494 e. The normalized spacial score (nSPS) is 12.4. The zero-order valence-corrected chi connectivity index (χ0v) is 21.1. The third-order valence-corrected chi connectivity index (χ3v) is 7.23. The van der Waals surface area contributed by atoms with Crippen molar-refractivity contribution in [3.05, 3.63) is 54.0 Å². The molecule has 0 aliphatic rings. The maximum Gasteiger partial charge on any atom is 0.243 e. The molecule has 4 rings (SSSR count). The van der Waals surface area contributed by atoms with Gasteiger partial charge < -0.3 is 9.47 Å². The Bertz CT molecular complexity index is 1440. The fourth-order valence-electron chi connectivity index (χ4n) is 3.49. The van der Waals surface area contributed by atoms with Crippen molar-refractivity contribution in [3.63, 3.8) is 0 Å². The molecule has 0 saturated heterocycles. The van der Waals surface area contributed by atoms with E-state index < -0.39 is 21.1 Å². The Hall–Kier alpha value is -4.07. The van der Waals surface area contributed by atoms with Gasteiger partial charge in [0.2, 0.25) is 16.0 Å². The van der Waals surface area contributed by atoms with E-state index in [4.69, 9.17) is 9.47 Å². The number of benzene rings is 1. The van der Waals surface area contributed by atoms with Crippen LogP contribution >= 0.6 is 0 Å². The van der Waals surface area contributed by atoms with Crippen LogP contribution in [0.2, 0.25) is 0 Å². The summed E-state index contributed by atoms with van der Waals surface area (Å²) in [6.45, 7) is 3.37. The average molecular weight is 517 g/mol. The van der Waals surface area contributed by atoms with Gasteiger partial charge in [0.1, 0.15) is 28.7 Å². The van der Waals surface area contributed by atoms with E-state index in [1.807, 2.05) is 6.92 Å². The quantitative estimate of drug-likeness (QED) is 0.355. The lowest BCUT2D eigenvalue weighted by atomic mass is 10.2. The van der Waals surface area contributed by atoms with Crippen LogP contribution in [0.3, 0.4) is 0 Å². The van der Waals surface area contributed by atoms with Crippen LogP contribution in [0.5, 0.6) is 11.5 Å². The first-order valence-electron chi connectivity index (χ1n) is 10.8. The number of anilines is 1. The number of hydrogen-bond acceptors (Lipinski definition) is 9. The van der Waals surface area contributed by atoms with Crippen LogP contribution in [0, 0.1) is 12.7 Å². The number of methoxy groups -OCH3 is 2. The smallest absolute Gasteiger partial charge is 0.243 e. The van der Waals surface area contributed by atoms with Crippen LogP contribution in [0.25, 0.3) is 17.2 Å². The molecule has 0 aliphatic heterocycles. The SMILES string of the molecule is COc1cccc(OC)c1-n1c(NS(=O)(=O)[C@H](C)Cc2ncc(F)cn2)nnc1-c1cc(C)n(C)n1. The first-order valence-corrected chi connectivity index (χ1v) is 12.3. The Balaban J connectivity index is 1.81. The summed E-state index contributed by atoms with van der Waals surface area (Å²) in [5.41, 5.74) is 1.72. The van der Waals surface area contributed by atoms with E-state index in [9.17, 15) is 12.8 Å². The summed E-state index contributed by atoms with van der Waals surface area (Å²) in [4.78, 5) is 7.70. The zero-order valence-electron chi connectivity index (χ0n) is 20.3. The van der Waals surface area contributed by atoms with Gasteiger partial charge in [0.25, 0.3) is 0 Å². The molecule has 0 fully saturated rings. The maximum absolute atomic E-state index is 13.3. The molecule has 0 bridgehead atoms. The highest BCUT2D eigenvalue weighted by molar-refractivity contribution is 7.93. The minimum absolute atomic E-state index is 0.0476. The minimum Gasteiger partial charge on any atom is -0.494 e. The van der Waals surface area contributed by atoms with Crippen molar-refractivity contribution in [2.75, 3.05) is 18.9 Å². The molecule has 0 amide bonds. The van der Waals surface area contributed by atoms with Crippen LogP contribution in [0.15, 0.2) is 36.7 Å². The number of nitrogens with one attached hydrogen (secondary N) is 1. The van der Waals surface area contributed by atoms with Crippen LogP contribution in [0.1, 0.15) is 18.4 Å². The molecule has 0 radical (unpaired) electrons. The second-order valence-corrected chi connectivity index (χ2v) is 10.1. The van der Waals surface area contributed by atoms with E-state index in [-0.39, 0.29) is 24.0 Å². The van der Waals surface area contributed by atoms with Crippen molar-refractivity contribution < 1.29 is 22.3 Å². The topological polar surface area (TPSA) is 139 Å². The highest BCUT2D eigenvalue weighted by atomic mass is 32.2. The number of aryl methyl sites for hydroxylation is 2. The van der Waals surface area contributed by atoms with Crippen LogP contribution < -0.4 is 14.2 Å². The highest BCUT2D eigenvalue weighted by Gasteiger charge is 2.29. The standard InChI is InChI=1S/C22H25FN8O4S/c1-13-9-16(28-30(13)3)21-26-27-22(31(21)20-17(34-4)7-6-8-18(20)35-5)29-36(32,33)14(2)10-19-24-11-15(23)12-25-19/h6-9,11-12,14H,10H2,1-5H3,(H,27,29)/t14-/m1/s1. The molecule has 4 aromatic rings. The number of sulfonamides is 1. The second kappa shape index (κ2) is 9.89. The molecule has 0 unspecified atom stereocenters. The molecule has 0 spiro atoms. The van der Waals surface area contributed by atoms with Crippen LogP contribution in [0.4, 0.5) is 10.3 Å². The summed E-state index contributed by atoms with van der Waals surface area (Å²) in [6, 6.07) is 6.95. The van der Waals surface area contributed by atoms with Crippen molar-refractivity contribution in [1.29, 1.82) is 0 Å². The van der Waals surface area contributed by atoms with Gasteiger partial charge in [0.05, 0.1) is 31.9 Å². The van der Waals surface area contributed by atoms with Gasteiger partial charge >= 0.3 is 0 Å². The van der Waals surface area contributed by atoms with Gasteiger partial charge in [-0.3, -0.25) is 14.0 Å². The average Bonchev–Trinajstić information content (AvgIpc) is 3.41. The van der Waals surface area contributed by atoms with Gasteiger partial charge in [-0.1, -0.05) is 6.07 Å². The number of ether oxygens (including phenoxy) is 2. The summed E-state index contributed by atoms with van der Waals surface area (Å²) in [6.07, 6.45) is 1.93. The van der Waals surface area contributed by atoms with E-state index in [2.05, 4.69) is 30.0 Å². The monoisotopic (exact) mass is 516 g/mol. The number of rotatable bonds is 9. The molecule has 36 heavy (non-hydrogen) atoms. The van der Waals surface area contributed by atoms with E-state index >= 15 is 0 Å². The van der Waals surface area contributed by atoms with E-state index in [1.165, 1.54) is 25.7 Å². The lowest BCUT2D eigenvalue weighted by Crippen LogP contribution is -2.29. The molecule has 0 aliphatic carbocycles. The maximum atomic E-state index is 13.3. The summed E-state index contributed by atoms with van der Waals surface area (Å²) < 4.78 is 56.4. The highest BCUT2D eigenvalue weighted by Crippen LogP contribution is 2.37. The molecule has 1 atom stereocenters. The van der Waals surface area contributed by atoms with E-state index in [0.29, 0.717) is 22.9 Å². The molecule has 14 heteroatoms. The molecule has 1 N–H and O–H groups in total. The number of para-hydroxylation sites is 1. The number of halogens is 1. The van der Waals surface area contributed by atoms with Crippen molar-refractivity contribution in [3.8, 4) is 28.7 Å². The predicted octanol–water partition coefficient (Wildman–Crippen LogP) is 2.30. The van der Waals surface area contributed by atoms with Crippen LogP contribution in [-0.4, -0.2) is 62.4 Å². The summed E-state index contributed by atoms with van der Waals surface area (Å²) in [5.74, 6) is 0.555. The van der Waals surface area contributed by atoms with E-state index in [0.717, 1.165) is 18.1 Å². The lowest BCUT2D eigenvalue weighted by molar-refractivity contribution is 0.391. The lowest BCUT2D eigenvalue weighted by Gasteiger charge is -2.18. The summed E-state index contributed by atoms with van der Waals surface area (Å²) in [5, 5.41) is 11.9. The minimum atomic E-state index is -4.02. The van der Waals surface area contributed by atoms with Crippen molar-refractivity contribution in [2.24, 2.45) is 7.05 Å². The zero-order chi connectivity index (χ0) is 26.0. The molecule has 1 aromatic carbocycles. The Labute approximate surface area is 207 Å². The molecule has 3 heterocycles. The first-order chi connectivity index (χ1) is 17.1. The number of hydrogen-bond donors (Lipinski definition) is 1. The van der Waals surface area contributed by atoms with Gasteiger partial charge in [-0.2, -0.15) is 5.10 Å². The summed E-state index contributed by atoms with van der Waals surface area (Å²) >= 11 is 0.